The van der Waals surface area contributed by atoms with E-state index in [0.717, 1.165) is 10.9 Å². The van der Waals surface area contributed by atoms with Crippen LogP contribution >= 0.6 is 23.2 Å². The van der Waals surface area contributed by atoms with Crippen LogP contribution in [0.1, 0.15) is 10.4 Å². The van der Waals surface area contributed by atoms with Crippen LogP contribution in [0.25, 0.3) is 10.9 Å². The number of aryl methyl sites for hydroxylation is 1. The van der Waals surface area contributed by atoms with Gasteiger partial charge in [-0.2, -0.15) is 0 Å². The minimum absolute atomic E-state index is 0.0892. The quantitative estimate of drug-likeness (QED) is 0.645. The topological polar surface area (TPSA) is 31.2 Å². The Kier molecular flexibility index (Phi) is 4.10. The lowest BCUT2D eigenvalue weighted by atomic mass is 10.1. The van der Waals surface area contributed by atoms with Crippen molar-refractivity contribution >= 4 is 39.9 Å². The molecular formula is C17H13Cl2NO2. The average molecular weight is 334 g/mol. The van der Waals surface area contributed by atoms with Gasteiger partial charge in [-0.05, 0) is 18.2 Å². The molecule has 0 fully saturated rings. The summed E-state index contributed by atoms with van der Waals surface area (Å²) in [6, 6.07) is 12.7. The smallest absolute Gasteiger partial charge is 0.202 e. The zero-order chi connectivity index (χ0) is 15.7. The van der Waals surface area contributed by atoms with Gasteiger partial charge in [0.05, 0.1) is 5.02 Å². The molecule has 0 atom stereocenters. The van der Waals surface area contributed by atoms with Gasteiger partial charge in [0.1, 0.15) is 5.75 Å². The van der Waals surface area contributed by atoms with Crippen molar-refractivity contribution in [1.82, 2.24) is 4.57 Å². The van der Waals surface area contributed by atoms with E-state index in [9.17, 15) is 4.79 Å². The lowest BCUT2D eigenvalue weighted by Crippen LogP contribution is -2.11. The van der Waals surface area contributed by atoms with Gasteiger partial charge in [-0.25, -0.2) is 0 Å². The van der Waals surface area contributed by atoms with Gasteiger partial charge in [-0.3, -0.25) is 4.79 Å². The maximum atomic E-state index is 12.4. The highest BCUT2D eigenvalue weighted by molar-refractivity contribution is 6.34. The fourth-order valence-electron chi connectivity index (χ4n) is 2.37. The first kappa shape index (κ1) is 14.9. The van der Waals surface area contributed by atoms with Crippen molar-refractivity contribution in [3.8, 4) is 5.75 Å². The third-order valence-electron chi connectivity index (χ3n) is 3.45. The molecule has 0 amide bonds. The number of ether oxygens (including phenoxy) is 1. The van der Waals surface area contributed by atoms with Gasteiger partial charge in [0.25, 0.3) is 0 Å². The number of nitrogens with zero attached hydrogens (tertiary/aromatic N) is 1. The summed E-state index contributed by atoms with van der Waals surface area (Å²) in [5, 5.41) is 1.85. The molecule has 0 saturated carbocycles. The number of hydrogen-bond acceptors (Lipinski definition) is 2. The van der Waals surface area contributed by atoms with E-state index in [2.05, 4.69) is 0 Å². The number of Topliss-reactive ketones (excluding diaryl/α,β-unsaturated/α-hetero) is 1. The summed E-state index contributed by atoms with van der Waals surface area (Å²) in [7, 11) is 1.91. The van der Waals surface area contributed by atoms with E-state index in [1.54, 1.807) is 18.2 Å². The summed E-state index contributed by atoms with van der Waals surface area (Å²) >= 11 is 11.9. The van der Waals surface area contributed by atoms with Crippen LogP contribution in [0.15, 0.2) is 48.7 Å². The Morgan fingerprint density at radius 2 is 1.95 bits per heavy atom. The van der Waals surface area contributed by atoms with Crippen molar-refractivity contribution in [2.75, 3.05) is 6.61 Å². The van der Waals surface area contributed by atoms with E-state index in [0.29, 0.717) is 21.4 Å². The van der Waals surface area contributed by atoms with Crippen LogP contribution < -0.4 is 4.74 Å². The van der Waals surface area contributed by atoms with Gasteiger partial charge >= 0.3 is 0 Å². The molecule has 0 aliphatic carbocycles. The number of fused-ring (bicyclic) bond motifs is 1. The molecule has 22 heavy (non-hydrogen) atoms. The van der Waals surface area contributed by atoms with E-state index in [-0.39, 0.29) is 12.4 Å². The van der Waals surface area contributed by atoms with Crippen molar-refractivity contribution in [3.63, 3.8) is 0 Å². The molecule has 5 heteroatoms. The largest absolute Gasteiger partial charge is 0.484 e. The SMILES string of the molecule is Cn1cc(C(=O)COc2cc(Cl)ccc2Cl)c2ccccc21. The highest BCUT2D eigenvalue weighted by Gasteiger charge is 2.15. The second-order valence-corrected chi connectivity index (χ2v) is 5.80. The van der Waals surface area contributed by atoms with Crippen molar-refractivity contribution in [1.29, 1.82) is 0 Å². The summed E-state index contributed by atoms with van der Waals surface area (Å²) < 4.78 is 7.44. The fourth-order valence-corrected chi connectivity index (χ4v) is 2.71. The van der Waals surface area contributed by atoms with E-state index in [1.165, 1.54) is 0 Å². The Morgan fingerprint density at radius 1 is 1.18 bits per heavy atom. The van der Waals surface area contributed by atoms with Crippen LogP contribution in [0.4, 0.5) is 0 Å². The summed E-state index contributed by atoms with van der Waals surface area (Å²) in [6.45, 7) is -0.0892. The maximum absolute atomic E-state index is 12.4. The highest BCUT2D eigenvalue weighted by Crippen LogP contribution is 2.28. The number of halogens is 2. The number of aromatic nitrogens is 1. The van der Waals surface area contributed by atoms with Crippen molar-refractivity contribution in [2.45, 2.75) is 0 Å². The Hall–Kier alpha value is -1.97. The lowest BCUT2D eigenvalue weighted by molar-refractivity contribution is 0.0923. The predicted molar refractivity (Wildman–Crippen MR) is 89.2 cm³/mol. The summed E-state index contributed by atoms with van der Waals surface area (Å²) in [6.07, 6.45) is 1.82. The first-order chi connectivity index (χ1) is 10.6. The molecule has 0 aliphatic heterocycles. The zero-order valence-corrected chi connectivity index (χ0v) is 13.4. The number of rotatable bonds is 4. The maximum Gasteiger partial charge on any atom is 0.202 e. The monoisotopic (exact) mass is 333 g/mol. The molecule has 0 saturated heterocycles. The third-order valence-corrected chi connectivity index (χ3v) is 4.00. The number of carbonyl (C=O) groups is 1. The summed E-state index contributed by atoms with van der Waals surface area (Å²) in [4.78, 5) is 12.4. The minimum atomic E-state index is -0.104. The molecule has 1 heterocycles. The molecule has 3 rings (SSSR count). The lowest BCUT2D eigenvalue weighted by Gasteiger charge is -2.07. The number of ketones is 1. The van der Waals surface area contributed by atoms with Gasteiger partial charge in [0.2, 0.25) is 5.78 Å². The third kappa shape index (κ3) is 2.82. The standard InChI is InChI=1S/C17H13Cl2NO2/c1-20-9-13(12-4-2-3-5-15(12)20)16(21)10-22-17-8-11(18)6-7-14(17)19/h2-9H,10H2,1H3. The van der Waals surface area contributed by atoms with E-state index >= 15 is 0 Å². The van der Waals surface area contributed by atoms with Crippen LogP contribution in [0.2, 0.25) is 10.0 Å². The van der Waals surface area contributed by atoms with Crippen LogP contribution in [-0.2, 0) is 7.05 Å². The normalized spacial score (nSPS) is 10.9. The average Bonchev–Trinajstić information content (AvgIpc) is 2.86. The molecule has 2 aromatic carbocycles. The van der Waals surface area contributed by atoms with Crippen LogP contribution in [-0.4, -0.2) is 17.0 Å². The van der Waals surface area contributed by atoms with Gasteiger partial charge in [-0.1, -0.05) is 41.4 Å². The molecule has 0 N–H and O–H groups in total. The van der Waals surface area contributed by atoms with E-state index in [1.807, 2.05) is 42.1 Å². The van der Waals surface area contributed by atoms with Gasteiger partial charge < -0.3 is 9.30 Å². The number of carbonyl (C=O) groups excluding carboxylic acids is 1. The van der Waals surface area contributed by atoms with Crippen LogP contribution in [0.5, 0.6) is 5.75 Å². The Morgan fingerprint density at radius 3 is 2.77 bits per heavy atom. The molecule has 0 aliphatic rings. The first-order valence-electron chi connectivity index (χ1n) is 6.71. The summed E-state index contributed by atoms with van der Waals surface area (Å²) in [5.41, 5.74) is 1.64. The number of para-hydroxylation sites is 1. The molecule has 112 valence electrons. The highest BCUT2D eigenvalue weighted by atomic mass is 35.5. The van der Waals surface area contributed by atoms with Gasteiger partial charge in [-0.15, -0.1) is 0 Å². The Labute approximate surface area is 138 Å². The molecule has 0 bridgehead atoms. The predicted octanol–water partition coefficient (Wildman–Crippen LogP) is 4.75. The molecule has 3 nitrogen and oxygen atoms in total. The molecular weight excluding hydrogens is 321 g/mol. The van der Waals surface area contributed by atoms with Crippen molar-refractivity contribution in [2.24, 2.45) is 7.05 Å². The molecule has 0 spiro atoms. The number of benzene rings is 2. The van der Waals surface area contributed by atoms with E-state index < -0.39 is 0 Å². The Bertz CT molecular complexity index is 855. The second kappa shape index (κ2) is 6.03. The molecule has 0 radical (unpaired) electrons. The minimum Gasteiger partial charge on any atom is -0.484 e. The van der Waals surface area contributed by atoms with Crippen molar-refractivity contribution in [3.05, 3.63) is 64.3 Å². The Balaban J connectivity index is 1.83. The van der Waals surface area contributed by atoms with Crippen LogP contribution in [0, 0.1) is 0 Å². The number of hydrogen-bond donors (Lipinski definition) is 0. The summed E-state index contributed by atoms with van der Waals surface area (Å²) in [5.74, 6) is 0.301. The fraction of sp³-hybridized carbons (Fsp3) is 0.118. The van der Waals surface area contributed by atoms with Crippen LogP contribution in [0.3, 0.4) is 0 Å². The zero-order valence-electron chi connectivity index (χ0n) is 11.8. The van der Waals surface area contributed by atoms with Gasteiger partial charge in [0, 0.05) is 40.8 Å². The van der Waals surface area contributed by atoms with E-state index in [4.69, 9.17) is 27.9 Å². The molecule has 3 aromatic rings. The first-order valence-corrected chi connectivity index (χ1v) is 7.47. The van der Waals surface area contributed by atoms with Crippen molar-refractivity contribution < 1.29 is 9.53 Å². The molecule has 0 unspecified atom stereocenters. The van der Waals surface area contributed by atoms with Gasteiger partial charge in [0.15, 0.2) is 6.61 Å². The molecule has 1 aromatic heterocycles. The second-order valence-electron chi connectivity index (χ2n) is 4.96.